The van der Waals surface area contributed by atoms with Gasteiger partial charge in [0.1, 0.15) is 5.75 Å². The van der Waals surface area contributed by atoms with E-state index in [9.17, 15) is 4.79 Å². The monoisotopic (exact) mass is 246 g/mol. The van der Waals surface area contributed by atoms with E-state index < -0.39 is 5.97 Å². The first-order chi connectivity index (χ1) is 8.70. The van der Waals surface area contributed by atoms with Crippen LogP contribution in [0.5, 0.6) is 5.75 Å². The molecule has 1 aromatic rings. The van der Waals surface area contributed by atoms with E-state index >= 15 is 0 Å². The normalized spacial score (nSPS) is 19.2. The van der Waals surface area contributed by atoms with E-state index in [1.54, 1.807) is 0 Å². The summed E-state index contributed by atoms with van der Waals surface area (Å²) in [5.41, 5.74) is 1.79. The number of benzene rings is 1. The maximum absolute atomic E-state index is 10.8. The minimum atomic E-state index is -0.781. The van der Waals surface area contributed by atoms with Gasteiger partial charge in [-0.15, -0.1) is 0 Å². The van der Waals surface area contributed by atoms with Crippen molar-refractivity contribution < 1.29 is 14.6 Å². The van der Waals surface area contributed by atoms with Gasteiger partial charge in [-0.2, -0.15) is 0 Å². The molecule has 1 atom stereocenters. The molecule has 0 saturated carbocycles. The predicted molar refractivity (Wildman–Crippen MR) is 69.9 cm³/mol. The average molecular weight is 246 g/mol. The van der Waals surface area contributed by atoms with Crippen LogP contribution in [0.2, 0.25) is 0 Å². The summed E-state index contributed by atoms with van der Waals surface area (Å²) in [6, 6.07) is 8.10. The van der Waals surface area contributed by atoms with Gasteiger partial charge in [-0.05, 0) is 49.8 Å². The maximum atomic E-state index is 10.8. The Labute approximate surface area is 107 Å². The highest BCUT2D eigenvalue weighted by atomic mass is 16.5. The zero-order valence-corrected chi connectivity index (χ0v) is 10.6. The van der Waals surface area contributed by atoms with E-state index in [1.165, 1.54) is 5.56 Å². The Morgan fingerprint density at radius 1 is 1.50 bits per heavy atom. The van der Waals surface area contributed by atoms with Crippen LogP contribution in [0.3, 0.4) is 0 Å². The number of hydrogen-bond acceptors (Lipinski definition) is 2. The molecule has 18 heavy (non-hydrogen) atoms. The SMILES string of the molecule is CCOc1cccc(C2CC=C(C(=O)O)CC2)c1. The van der Waals surface area contributed by atoms with Crippen molar-refractivity contribution in [3.8, 4) is 5.75 Å². The lowest BCUT2D eigenvalue weighted by Crippen LogP contribution is -2.10. The fraction of sp³-hybridized carbons (Fsp3) is 0.400. The lowest BCUT2D eigenvalue weighted by atomic mass is 9.84. The van der Waals surface area contributed by atoms with Crippen LogP contribution in [-0.2, 0) is 4.79 Å². The van der Waals surface area contributed by atoms with Gasteiger partial charge < -0.3 is 9.84 Å². The molecule has 0 aromatic heterocycles. The molecular formula is C15H18O3. The number of hydrogen-bond donors (Lipinski definition) is 1. The van der Waals surface area contributed by atoms with Gasteiger partial charge in [-0.25, -0.2) is 4.79 Å². The molecule has 0 heterocycles. The number of ether oxygens (including phenoxy) is 1. The molecule has 0 spiro atoms. The summed E-state index contributed by atoms with van der Waals surface area (Å²) in [6.45, 7) is 2.63. The maximum Gasteiger partial charge on any atom is 0.331 e. The van der Waals surface area contributed by atoms with E-state index in [0.29, 0.717) is 24.5 Å². The molecule has 96 valence electrons. The summed E-state index contributed by atoms with van der Waals surface area (Å²) in [4.78, 5) is 10.8. The summed E-state index contributed by atoms with van der Waals surface area (Å²) in [6.07, 6.45) is 4.20. The summed E-state index contributed by atoms with van der Waals surface area (Å²) in [5, 5.41) is 8.92. The van der Waals surface area contributed by atoms with E-state index in [0.717, 1.165) is 18.6 Å². The Kier molecular flexibility index (Phi) is 4.03. The molecule has 0 radical (unpaired) electrons. The van der Waals surface area contributed by atoms with Crippen molar-refractivity contribution in [1.29, 1.82) is 0 Å². The minimum absolute atomic E-state index is 0.411. The van der Waals surface area contributed by atoms with Crippen LogP contribution in [0.4, 0.5) is 0 Å². The third-order valence-electron chi connectivity index (χ3n) is 3.33. The molecule has 0 fully saturated rings. The number of carbonyl (C=O) groups is 1. The van der Waals surface area contributed by atoms with Crippen LogP contribution in [-0.4, -0.2) is 17.7 Å². The molecule has 3 heteroatoms. The van der Waals surface area contributed by atoms with Gasteiger partial charge in [0.2, 0.25) is 0 Å². The van der Waals surface area contributed by atoms with Crippen LogP contribution in [0, 0.1) is 0 Å². The van der Waals surface area contributed by atoms with E-state index in [-0.39, 0.29) is 0 Å². The summed E-state index contributed by atoms with van der Waals surface area (Å²) in [5.74, 6) is 0.521. The fourth-order valence-electron chi connectivity index (χ4n) is 2.36. The van der Waals surface area contributed by atoms with Gasteiger partial charge in [0.25, 0.3) is 0 Å². The van der Waals surface area contributed by atoms with E-state index in [4.69, 9.17) is 9.84 Å². The molecule has 1 aliphatic carbocycles. The van der Waals surface area contributed by atoms with Crippen molar-refractivity contribution in [1.82, 2.24) is 0 Å². The van der Waals surface area contributed by atoms with Crippen LogP contribution in [0.25, 0.3) is 0 Å². The van der Waals surface area contributed by atoms with Crippen molar-refractivity contribution in [2.75, 3.05) is 6.61 Å². The first-order valence-corrected chi connectivity index (χ1v) is 6.35. The van der Waals surface area contributed by atoms with Gasteiger partial charge >= 0.3 is 5.97 Å². The second-order valence-corrected chi connectivity index (χ2v) is 4.51. The number of aliphatic carboxylic acids is 1. The zero-order chi connectivity index (χ0) is 13.0. The smallest absolute Gasteiger partial charge is 0.331 e. The lowest BCUT2D eigenvalue weighted by Gasteiger charge is -2.21. The second-order valence-electron chi connectivity index (χ2n) is 4.51. The van der Waals surface area contributed by atoms with Crippen LogP contribution < -0.4 is 4.74 Å². The number of carboxylic acid groups (broad SMARTS) is 1. The highest BCUT2D eigenvalue weighted by Crippen LogP contribution is 2.33. The van der Waals surface area contributed by atoms with Crippen molar-refractivity contribution in [2.45, 2.75) is 32.1 Å². The Morgan fingerprint density at radius 2 is 2.33 bits per heavy atom. The second kappa shape index (κ2) is 5.71. The molecule has 2 rings (SSSR count). The Hall–Kier alpha value is -1.77. The molecule has 0 saturated heterocycles. The molecule has 0 amide bonds. The third-order valence-corrected chi connectivity index (χ3v) is 3.33. The van der Waals surface area contributed by atoms with Gasteiger partial charge in [-0.3, -0.25) is 0 Å². The Morgan fingerprint density at radius 3 is 2.94 bits per heavy atom. The van der Waals surface area contributed by atoms with Gasteiger partial charge in [0.05, 0.1) is 6.61 Å². The topological polar surface area (TPSA) is 46.5 Å². The number of allylic oxidation sites excluding steroid dienone is 1. The Bertz CT molecular complexity index is 463. The molecule has 3 nitrogen and oxygen atoms in total. The third kappa shape index (κ3) is 2.92. The lowest BCUT2D eigenvalue weighted by molar-refractivity contribution is -0.132. The average Bonchev–Trinajstić information content (AvgIpc) is 2.39. The molecule has 0 aliphatic heterocycles. The molecule has 1 aliphatic rings. The highest BCUT2D eigenvalue weighted by Gasteiger charge is 2.19. The van der Waals surface area contributed by atoms with Crippen molar-refractivity contribution in [3.63, 3.8) is 0 Å². The summed E-state index contributed by atoms with van der Waals surface area (Å²) in [7, 11) is 0. The van der Waals surface area contributed by atoms with Gasteiger partial charge in [0.15, 0.2) is 0 Å². The Balaban J connectivity index is 2.09. The van der Waals surface area contributed by atoms with Crippen molar-refractivity contribution in [2.24, 2.45) is 0 Å². The molecule has 1 unspecified atom stereocenters. The zero-order valence-electron chi connectivity index (χ0n) is 10.6. The largest absolute Gasteiger partial charge is 0.494 e. The number of carboxylic acids is 1. The number of rotatable bonds is 4. The predicted octanol–water partition coefficient (Wildman–Crippen LogP) is 3.36. The van der Waals surface area contributed by atoms with Crippen LogP contribution >= 0.6 is 0 Å². The minimum Gasteiger partial charge on any atom is -0.494 e. The molecular weight excluding hydrogens is 228 g/mol. The summed E-state index contributed by atoms with van der Waals surface area (Å²) < 4.78 is 5.49. The first kappa shape index (κ1) is 12.7. The van der Waals surface area contributed by atoms with Gasteiger partial charge in [0, 0.05) is 5.57 Å². The molecule has 1 N–H and O–H groups in total. The molecule has 0 bridgehead atoms. The van der Waals surface area contributed by atoms with Crippen LogP contribution in [0.15, 0.2) is 35.9 Å². The summed E-state index contributed by atoms with van der Waals surface area (Å²) >= 11 is 0. The van der Waals surface area contributed by atoms with E-state index in [1.807, 2.05) is 25.1 Å². The van der Waals surface area contributed by atoms with Crippen LogP contribution in [0.1, 0.15) is 37.7 Å². The fourth-order valence-corrected chi connectivity index (χ4v) is 2.36. The molecule has 1 aromatic carbocycles. The first-order valence-electron chi connectivity index (χ1n) is 6.35. The quantitative estimate of drug-likeness (QED) is 0.886. The van der Waals surface area contributed by atoms with Gasteiger partial charge in [-0.1, -0.05) is 18.2 Å². The van der Waals surface area contributed by atoms with Crippen molar-refractivity contribution >= 4 is 5.97 Å². The van der Waals surface area contributed by atoms with E-state index in [2.05, 4.69) is 12.1 Å². The van der Waals surface area contributed by atoms with Crippen molar-refractivity contribution in [3.05, 3.63) is 41.5 Å². The standard InChI is InChI=1S/C15H18O3/c1-2-18-14-5-3-4-13(10-14)11-6-8-12(9-7-11)15(16)17/h3-5,8,10-11H,2,6-7,9H2,1H3,(H,16,17). The highest BCUT2D eigenvalue weighted by molar-refractivity contribution is 5.86.